The molecule has 0 spiro atoms. The molecule has 0 aromatic carbocycles. The van der Waals surface area contributed by atoms with Crippen LogP contribution in [-0.4, -0.2) is 290 Å². The number of amides is 13. The molecular formula is C73H121ClN14O30. The topological polar surface area (TPSA) is 633 Å². The van der Waals surface area contributed by atoms with Crippen LogP contribution in [0.25, 0.3) is 0 Å². The number of hydrogen-bond donors (Lipinski definition) is 18. The lowest BCUT2D eigenvalue weighted by atomic mass is 10.0. The standard InChI is InChI=1S/C73H121ClN14O30/c1-12-14-15-16-17-18-19-20-21-24-44(90)33-53(93)79-50-36-112-70(108)55(51(91)35-74)86-58(95)45(13-2)80-64(101)54(43(9)89)85-61(98)48(27-30-78-73(111)118-39-115-69(107)42(7)8)83-65(102)56(57(94)66(103)104)87-60(97)46(25-22-23-28-76-71(109)116-37-113-67(105)40(3)4)81-62(99)49(34-52(92)75-31-32-88(10)11)84-59(96)47(82-63(50)100)26-29-77-72(110)117-38-114-68(106)41(5)6/h13,40-44,46-51,54-57,89-91,94H,12,14-39H2,1-11H3,(H,75,92)(H,76,109)(H,77,110)(H,78,111)(H,79,93)(H,80,101)(H,81,99)(H,82,100)(H,83,102)(H,84,96)(H,85,98)(H,86,95)(H,87,97)(H,103,104)/b45-13+/t43-,44+,46?,47?,48-,49-,50?,51+,54?,55?,56?,57-/m0/s1. The Labute approximate surface area is 688 Å². The fourth-order valence-electron chi connectivity index (χ4n) is 10.3. The second kappa shape index (κ2) is 58.5. The number of esters is 4. The molecule has 0 saturated carbocycles. The Bertz CT molecular complexity index is 3330. The number of carbonyl (C=O) groups is 18. The monoisotopic (exact) mass is 1710 g/mol. The molecule has 18 N–H and O–H groups in total. The smallest absolute Gasteiger partial charge is 0.410 e. The maximum absolute atomic E-state index is 15.1. The summed E-state index contributed by atoms with van der Waals surface area (Å²) < 4.78 is 34.7. The Hall–Kier alpha value is -10.3. The molecular weight excluding hydrogens is 1590 g/mol. The molecule has 0 aromatic heterocycles. The van der Waals surface area contributed by atoms with E-state index in [1.165, 1.54) is 41.5 Å². The number of halogens is 1. The molecule has 118 heavy (non-hydrogen) atoms. The highest BCUT2D eigenvalue weighted by atomic mass is 35.5. The number of nitrogens with one attached hydrogen (secondary N) is 13. The summed E-state index contributed by atoms with van der Waals surface area (Å²) >= 11 is 6.02. The van der Waals surface area contributed by atoms with Gasteiger partial charge in [-0.15, -0.1) is 11.6 Å². The van der Waals surface area contributed by atoms with Gasteiger partial charge in [0.2, 0.25) is 73.5 Å². The molecule has 1 heterocycles. The Morgan fingerprint density at radius 2 is 0.958 bits per heavy atom. The van der Waals surface area contributed by atoms with Crippen molar-refractivity contribution < 1.29 is 145 Å². The van der Waals surface area contributed by atoms with Crippen molar-refractivity contribution in [2.45, 2.75) is 244 Å². The van der Waals surface area contributed by atoms with Crippen molar-refractivity contribution in [2.24, 2.45) is 17.8 Å². The van der Waals surface area contributed by atoms with Gasteiger partial charge in [0, 0.05) is 32.7 Å². The van der Waals surface area contributed by atoms with Crippen LogP contribution in [0.2, 0.25) is 0 Å². The molecule has 1 fully saturated rings. The van der Waals surface area contributed by atoms with E-state index in [-0.39, 0.29) is 38.9 Å². The van der Waals surface area contributed by atoms with E-state index in [1.54, 1.807) is 19.0 Å². The number of cyclic esters (lactones) is 1. The van der Waals surface area contributed by atoms with Gasteiger partial charge in [0.1, 0.15) is 54.6 Å². The molecule has 1 rings (SSSR count). The van der Waals surface area contributed by atoms with Crippen molar-refractivity contribution >= 4 is 119 Å². The van der Waals surface area contributed by atoms with Crippen LogP contribution in [-0.2, 0) is 105 Å². The number of carbonyl (C=O) groups excluding carboxylic acids is 17. The van der Waals surface area contributed by atoms with Crippen LogP contribution in [0.4, 0.5) is 14.4 Å². The average Bonchev–Trinajstić information content (AvgIpc) is 0.842. The van der Waals surface area contributed by atoms with Crippen molar-refractivity contribution in [2.75, 3.05) is 79.7 Å². The third-order valence-corrected chi connectivity index (χ3v) is 17.5. The van der Waals surface area contributed by atoms with Crippen LogP contribution >= 0.6 is 11.6 Å². The maximum atomic E-state index is 15.1. The second-order valence-corrected chi connectivity index (χ2v) is 28.9. The molecule has 13 amide bonds. The van der Waals surface area contributed by atoms with E-state index in [9.17, 15) is 102 Å². The Balaban J connectivity index is 4.55. The number of carboxylic acid groups (broad SMARTS) is 1. The van der Waals surface area contributed by atoms with E-state index in [1.807, 2.05) is 5.32 Å². The summed E-state index contributed by atoms with van der Waals surface area (Å²) in [4.78, 5) is 248. The van der Waals surface area contributed by atoms with Gasteiger partial charge < -0.3 is 133 Å². The molecule has 1 aliphatic heterocycles. The number of unbranched alkanes of at least 4 members (excludes halogenated alkanes) is 9. The number of rotatable bonds is 43. The molecule has 6 unspecified atom stereocenters. The molecule has 0 radical (unpaired) electrons. The lowest BCUT2D eigenvalue weighted by Crippen LogP contribution is -2.63. The van der Waals surface area contributed by atoms with Gasteiger partial charge in [-0.1, -0.05) is 112 Å². The molecule has 12 atom stereocenters. The molecule has 670 valence electrons. The number of nitrogens with zero attached hydrogens (tertiary/aromatic N) is 1. The number of allylic oxidation sites excluding steroid dienone is 1. The van der Waals surface area contributed by atoms with E-state index in [0.717, 1.165) is 64.9 Å². The highest BCUT2D eigenvalue weighted by Crippen LogP contribution is 2.15. The largest absolute Gasteiger partial charge is 0.479 e. The van der Waals surface area contributed by atoms with E-state index in [0.29, 0.717) is 12.8 Å². The first-order chi connectivity index (χ1) is 55.7. The Morgan fingerprint density at radius 3 is 1.43 bits per heavy atom. The van der Waals surface area contributed by atoms with Crippen LogP contribution < -0.4 is 69.1 Å². The molecule has 0 bridgehead atoms. The maximum Gasteiger partial charge on any atom is 0.410 e. The number of likely N-dealkylation sites (N-methyl/N-ethyl adjacent to an activating group) is 1. The minimum Gasteiger partial charge on any atom is -0.479 e. The van der Waals surface area contributed by atoms with E-state index < -0.39 is 281 Å². The lowest BCUT2D eigenvalue weighted by Gasteiger charge is -2.29. The van der Waals surface area contributed by atoms with E-state index in [2.05, 4.69) is 70.7 Å². The van der Waals surface area contributed by atoms with Crippen LogP contribution in [0, 0.1) is 17.8 Å². The predicted octanol–water partition coefficient (Wildman–Crippen LogP) is -2.79. The number of aliphatic hydroxyl groups excluding tert-OH is 4. The number of hydrogen-bond acceptors (Lipinski definition) is 30. The summed E-state index contributed by atoms with van der Waals surface area (Å²) in [7, 11) is 3.29. The summed E-state index contributed by atoms with van der Waals surface area (Å²) in [6, 6.07) is -17.8. The van der Waals surface area contributed by atoms with E-state index >= 15 is 9.59 Å². The number of carboxylic acids is 1. The minimum absolute atomic E-state index is 0.0990. The normalized spacial score (nSPS) is 20.5. The molecule has 1 aliphatic rings. The van der Waals surface area contributed by atoms with Crippen LogP contribution in [0.15, 0.2) is 11.8 Å². The molecule has 0 aliphatic carbocycles. The summed E-state index contributed by atoms with van der Waals surface area (Å²) in [5.74, 6) is -22.8. The average molecular weight is 1710 g/mol. The van der Waals surface area contributed by atoms with Crippen molar-refractivity contribution in [3.63, 3.8) is 0 Å². The number of aliphatic carboxylic acids is 1. The van der Waals surface area contributed by atoms with Crippen molar-refractivity contribution in [3.8, 4) is 0 Å². The summed E-state index contributed by atoms with van der Waals surface area (Å²) in [5, 5.41) is 83.8. The molecule has 44 nitrogen and oxygen atoms in total. The lowest BCUT2D eigenvalue weighted by molar-refractivity contribution is -0.156. The first-order valence-electron chi connectivity index (χ1n) is 38.9. The fraction of sp³-hybridized carbons (Fsp3) is 0.726. The molecule has 0 aromatic rings. The summed E-state index contributed by atoms with van der Waals surface area (Å²) in [6.45, 7) is 7.71. The number of alkyl halides is 1. The number of alkyl carbamates (subject to hydrolysis) is 3. The summed E-state index contributed by atoms with van der Waals surface area (Å²) in [6.07, 6.45) is -7.02. The number of aliphatic hydroxyl groups is 4. The third kappa shape index (κ3) is 44.3. The van der Waals surface area contributed by atoms with Gasteiger partial charge in [-0.25, -0.2) is 24.0 Å². The summed E-state index contributed by atoms with van der Waals surface area (Å²) in [5.41, 5.74) is -0.793. The van der Waals surface area contributed by atoms with Crippen LogP contribution in [0.3, 0.4) is 0 Å². The third-order valence-electron chi connectivity index (χ3n) is 17.2. The Kier molecular flexibility index (Phi) is 52.4. The van der Waals surface area contributed by atoms with Gasteiger partial charge >= 0.3 is 48.1 Å². The zero-order valence-corrected chi connectivity index (χ0v) is 69.4. The van der Waals surface area contributed by atoms with E-state index in [4.69, 9.17) is 44.8 Å². The Morgan fingerprint density at radius 1 is 0.508 bits per heavy atom. The van der Waals surface area contributed by atoms with Crippen LogP contribution in [0.1, 0.15) is 171 Å². The van der Waals surface area contributed by atoms with Gasteiger partial charge in [-0.05, 0) is 66.5 Å². The quantitative estimate of drug-likeness (QED) is 0.00733. The SMILES string of the molecule is C/C=C1/NC(=O)C([C@H](C)O)NC(=O)[C@H](CCNC(=O)OCOC(=O)C(C)C)NC(=O)C([C@H](O)C(=O)O)NC(=O)C(CCCCNC(=O)OCOC(=O)C(C)C)NC(=O)[C@H](CC(=O)NCCN(C)C)NC(=O)C(CCNC(=O)OCOC(=O)C(C)C)NC(=O)C(NC(=O)C[C@H](O)CCCCCCCCCCC)COC(=O)C([C@H](O)CCl)NC1=O. The highest BCUT2D eigenvalue weighted by Gasteiger charge is 2.41. The zero-order chi connectivity index (χ0) is 89.1. The zero-order valence-electron chi connectivity index (χ0n) is 68.6. The predicted molar refractivity (Wildman–Crippen MR) is 413 cm³/mol. The minimum atomic E-state index is -2.99. The fourth-order valence-corrected chi connectivity index (χ4v) is 10.5. The second-order valence-electron chi connectivity index (χ2n) is 28.5. The van der Waals surface area contributed by atoms with Crippen molar-refractivity contribution in [3.05, 3.63) is 11.8 Å². The first-order valence-corrected chi connectivity index (χ1v) is 39.4. The molecule has 1 saturated heterocycles. The highest BCUT2D eigenvalue weighted by molar-refractivity contribution is 6.18. The van der Waals surface area contributed by atoms with Gasteiger partial charge in [-0.3, -0.25) is 62.3 Å². The van der Waals surface area contributed by atoms with Gasteiger partial charge in [0.25, 0.3) is 5.91 Å². The molecule has 45 heteroatoms. The van der Waals surface area contributed by atoms with Gasteiger partial charge in [-0.2, -0.15) is 0 Å². The first kappa shape index (κ1) is 106. The van der Waals surface area contributed by atoms with Gasteiger partial charge in [0.05, 0.1) is 54.8 Å². The van der Waals surface area contributed by atoms with Crippen molar-refractivity contribution in [1.82, 2.24) is 74.0 Å². The van der Waals surface area contributed by atoms with Crippen molar-refractivity contribution in [1.29, 1.82) is 0 Å². The number of ether oxygens (including phenoxy) is 7. The van der Waals surface area contributed by atoms with Gasteiger partial charge in [0.15, 0.2) is 12.1 Å². The van der Waals surface area contributed by atoms with Crippen LogP contribution in [0.5, 0.6) is 0 Å².